The summed E-state index contributed by atoms with van der Waals surface area (Å²) in [5.41, 5.74) is 6.59. The molecule has 0 radical (unpaired) electrons. The van der Waals surface area contributed by atoms with Gasteiger partial charge in [-0.2, -0.15) is 0 Å². The number of benzene rings is 1. The molecule has 0 fully saturated rings. The average molecular weight is 223 g/mol. The van der Waals surface area contributed by atoms with Crippen LogP contribution in [-0.4, -0.2) is 14.8 Å². The molecule has 0 aliphatic carbocycles. The van der Waals surface area contributed by atoms with Crippen molar-refractivity contribution in [2.45, 2.75) is 13.0 Å². The van der Waals surface area contributed by atoms with E-state index in [-0.39, 0.29) is 6.04 Å². The Morgan fingerprint density at radius 2 is 2.00 bits per heavy atom. The molecule has 1 aromatic heterocycles. The van der Waals surface area contributed by atoms with Crippen molar-refractivity contribution in [2.24, 2.45) is 5.73 Å². The third-order valence-corrected chi connectivity index (χ3v) is 2.26. The zero-order valence-corrected chi connectivity index (χ0v) is 9.02. The lowest BCUT2D eigenvalue weighted by Gasteiger charge is -2.00. The zero-order chi connectivity index (χ0) is 10.8. The van der Waals surface area contributed by atoms with Crippen molar-refractivity contribution in [2.75, 3.05) is 0 Å². The van der Waals surface area contributed by atoms with Gasteiger partial charge in [-0.05, 0) is 31.2 Å². The second kappa shape index (κ2) is 4.00. The molecule has 0 amide bonds. The highest BCUT2D eigenvalue weighted by Gasteiger charge is 2.06. The van der Waals surface area contributed by atoms with Gasteiger partial charge in [-0.15, -0.1) is 5.10 Å². The molecule has 0 aliphatic heterocycles. The van der Waals surface area contributed by atoms with Crippen LogP contribution in [0.15, 0.2) is 30.6 Å². The molecule has 0 bridgehead atoms. The second-order valence-corrected chi connectivity index (χ2v) is 3.75. The summed E-state index contributed by atoms with van der Waals surface area (Å²) in [5.74, 6) is 0.630. The first-order valence-electron chi connectivity index (χ1n) is 4.60. The summed E-state index contributed by atoms with van der Waals surface area (Å²) in [6.07, 6.45) is 1.64. The van der Waals surface area contributed by atoms with Crippen LogP contribution in [0.25, 0.3) is 5.69 Å². The van der Waals surface area contributed by atoms with Crippen LogP contribution in [0.4, 0.5) is 0 Å². The minimum atomic E-state index is -0.154. The molecule has 1 atom stereocenters. The van der Waals surface area contributed by atoms with Crippen LogP contribution in [0.1, 0.15) is 18.8 Å². The number of nitrogens with two attached hydrogens (primary N) is 1. The first-order valence-corrected chi connectivity index (χ1v) is 4.97. The summed E-state index contributed by atoms with van der Waals surface area (Å²) < 4.78 is 1.68. The van der Waals surface area contributed by atoms with Crippen LogP contribution >= 0.6 is 11.6 Å². The Morgan fingerprint density at radius 3 is 2.53 bits per heavy atom. The number of nitrogens with zero attached hydrogens (tertiary/aromatic N) is 3. The molecule has 2 rings (SSSR count). The molecule has 1 unspecified atom stereocenters. The minimum Gasteiger partial charge on any atom is -0.321 e. The Bertz CT molecular complexity index is 447. The smallest absolute Gasteiger partial charge is 0.167 e. The predicted octanol–water partition coefficient (Wildman–Crippen LogP) is 1.94. The molecule has 2 N–H and O–H groups in total. The fourth-order valence-corrected chi connectivity index (χ4v) is 1.33. The summed E-state index contributed by atoms with van der Waals surface area (Å²) in [6, 6.07) is 7.22. The van der Waals surface area contributed by atoms with Crippen LogP contribution in [0.2, 0.25) is 5.02 Å². The standard InChI is InChI=1S/C10H11ClN4/c1-7(12)10-13-6-15(14-10)9-4-2-8(11)3-5-9/h2-7H,12H2,1H3. The maximum absolute atomic E-state index is 5.79. The second-order valence-electron chi connectivity index (χ2n) is 3.31. The van der Waals surface area contributed by atoms with Gasteiger partial charge in [0.2, 0.25) is 0 Å². The number of halogens is 1. The molecule has 0 saturated heterocycles. The largest absolute Gasteiger partial charge is 0.321 e. The molecule has 5 heteroatoms. The molecule has 78 valence electrons. The molecule has 1 aromatic carbocycles. The predicted molar refractivity (Wildman–Crippen MR) is 59.0 cm³/mol. The normalized spacial score (nSPS) is 12.7. The van der Waals surface area contributed by atoms with E-state index < -0.39 is 0 Å². The zero-order valence-electron chi connectivity index (χ0n) is 8.26. The van der Waals surface area contributed by atoms with Gasteiger partial charge >= 0.3 is 0 Å². The summed E-state index contributed by atoms with van der Waals surface area (Å²) in [5, 5.41) is 4.95. The molecular formula is C10H11ClN4. The van der Waals surface area contributed by atoms with Gasteiger partial charge in [-0.25, -0.2) is 9.67 Å². The molecule has 1 heterocycles. The Morgan fingerprint density at radius 1 is 1.33 bits per heavy atom. The lowest BCUT2D eigenvalue weighted by molar-refractivity contribution is 0.726. The van der Waals surface area contributed by atoms with E-state index in [0.29, 0.717) is 10.8 Å². The third-order valence-electron chi connectivity index (χ3n) is 2.01. The van der Waals surface area contributed by atoms with Crippen molar-refractivity contribution in [1.29, 1.82) is 0 Å². The lowest BCUT2D eigenvalue weighted by Crippen LogP contribution is -2.07. The van der Waals surface area contributed by atoms with Crippen LogP contribution in [-0.2, 0) is 0 Å². The maximum Gasteiger partial charge on any atom is 0.167 e. The van der Waals surface area contributed by atoms with E-state index in [1.165, 1.54) is 0 Å². The Labute approximate surface area is 92.7 Å². The molecule has 0 aliphatic rings. The van der Waals surface area contributed by atoms with Gasteiger partial charge in [0.05, 0.1) is 11.7 Å². The van der Waals surface area contributed by atoms with Crippen molar-refractivity contribution < 1.29 is 0 Å². The topological polar surface area (TPSA) is 56.7 Å². The van der Waals surface area contributed by atoms with Crippen molar-refractivity contribution in [1.82, 2.24) is 14.8 Å². The van der Waals surface area contributed by atoms with Crippen molar-refractivity contribution in [3.8, 4) is 5.69 Å². The summed E-state index contributed by atoms with van der Waals surface area (Å²) >= 11 is 5.79. The molecule has 0 spiro atoms. The maximum atomic E-state index is 5.79. The molecule has 15 heavy (non-hydrogen) atoms. The highest BCUT2D eigenvalue weighted by Crippen LogP contribution is 2.13. The SMILES string of the molecule is CC(N)c1ncn(-c2ccc(Cl)cc2)n1. The van der Waals surface area contributed by atoms with Gasteiger partial charge < -0.3 is 5.73 Å². The van der Waals surface area contributed by atoms with Crippen molar-refractivity contribution in [3.05, 3.63) is 41.4 Å². The first kappa shape index (κ1) is 10.1. The highest BCUT2D eigenvalue weighted by atomic mass is 35.5. The van der Waals surface area contributed by atoms with Gasteiger partial charge in [-0.3, -0.25) is 0 Å². The molecule has 2 aromatic rings. The van der Waals surface area contributed by atoms with Crippen LogP contribution in [0.3, 0.4) is 0 Å². The van der Waals surface area contributed by atoms with Crippen molar-refractivity contribution >= 4 is 11.6 Å². The van der Waals surface area contributed by atoms with Crippen molar-refractivity contribution in [3.63, 3.8) is 0 Å². The molecule has 0 saturated carbocycles. The monoisotopic (exact) mass is 222 g/mol. The Balaban J connectivity index is 2.33. The average Bonchev–Trinajstić information content (AvgIpc) is 2.68. The lowest BCUT2D eigenvalue weighted by atomic mass is 10.3. The van der Waals surface area contributed by atoms with E-state index in [2.05, 4.69) is 10.1 Å². The van der Waals surface area contributed by atoms with E-state index in [1.54, 1.807) is 11.0 Å². The summed E-state index contributed by atoms with van der Waals surface area (Å²) in [4.78, 5) is 4.11. The van der Waals surface area contributed by atoms with Gasteiger partial charge in [0, 0.05) is 5.02 Å². The quantitative estimate of drug-likeness (QED) is 0.845. The van der Waals surface area contributed by atoms with E-state index in [0.717, 1.165) is 5.69 Å². The van der Waals surface area contributed by atoms with Crippen LogP contribution in [0.5, 0.6) is 0 Å². The number of hydrogen-bond acceptors (Lipinski definition) is 3. The number of aromatic nitrogens is 3. The number of hydrogen-bond donors (Lipinski definition) is 1. The third kappa shape index (κ3) is 2.16. The highest BCUT2D eigenvalue weighted by molar-refractivity contribution is 6.30. The minimum absolute atomic E-state index is 0.154. The summed E-state index contributed by atoms with van der Waals surface area (Å²) in [6.45, 7) is 1.85. The van der Waals surface area contributed by atoms with Crippen LogP contribution < -0.4 is 5.73 Å². The Hall–Kier alpha value is -1.39. The van der Waals surface area contributed by atoms with E-state index in [9.17, 15) is 0 Å². The van der Waals surface area contributed by atoms with Gasteiger partial charge in [0.25, 0.3) is 0 Å². The fourth-order valence-electron chi connectivity index (χ4n) is 1.20. The van der Waals surface area contributed by atoms with Crippen LogP contribution in [0, 0.1) is 0 Å². The van der Waals surface area contributed by atoms with E-state index in [4.69, 9.17) is 17.3 Å². The van der Waals surface area contributed by atoms with E-state index >= 15 is 0 Å². The van der Waals surface area contributed by atoms with Gasteiger partial charge in [-0.1, -0.05) is 11.6 Å². The van der Waals surface area contributed by atoms with Gasteiger partial charge in [0.1, 0.15) is 6.33 Å². The Kier molecular flexibility index (Phi) is 2.70. The molecule has 4 nitrogen and oxygen atoms in total. The van der Waals surface area contributed by atoms with Gasteiger partial charge in [0.15, 0.2) is 5.82 Å². The van der Waals surface area contributed by atoms with E-state index in [1.807, 2.05) is 31.2 Å². The molecular weight excluding hydrogens is 212 g/mol. The summed E-state index contributed by atoms with van der Waals surface area (Å²) in [7, 11) is 0. The fraction of sp³-hybridized carbons (Fsp3) is 0.200. The number of rotatable bonds is 2. The first-order chi connectivity index (χ1) is 7.16.